The van der Waals surface area contributed by atoms with Gasteiger partial charge < -0.3 is 10.1 Å². The van der Waals surface area contributed by atoms with Gasteiger partial charge in [0, 0.05) is 5.69 Å². The minimum Gasteiger partial charge on any atom is -0.452 e. The summed E-state index contributed by atoms with van der Waals surface area (Å²) >= 11 is 0. The molecule has 0 radical (unpaired) electrons. The fourth-order valence-electron chi connectivity index (χ4n) is 3.51. The smallest absolute Gasteiger partial charge is 0.416 e. The maximum Gasteiger partial charge on any atom is 0.416 e. The molecule has 1 saturated carbocycles. The van der Waals surface area contributed by atoms with E-state index in [4.69, 9.17) is 4.74 Å². The van der Waals surface area contributed by atoms with Gasteiger partial charge in [-0.3, -0.25) is 9.59 Å². The highest BCUT2D eigenvalue weighted by Gasteiger charge is 2.34. The second kappa shape index (κ2) is 8.53. The second-order valence-electron chi connectivity index (χ2n) is 8.56. The highest BCUT2D eigenvalue weighted by Crippen LogP contribution is 2.40. The topological polar surface area (TPSA) is 55.4 Å². The summed E-state index contributed by atoms with van der Waals surface area (Å²) in [5, 5.41) is 2.47. The highest BCUT2D eigenvalue weighted by molar-refractivity contribution is 5.95. The largest absolute Gasteiger partial charge is 0.452 e. The summed E-state index contributed by atoms with van der Waals surface area (Å²) in [6, 6.07) is 4.12. The first kappa shape index (κ1) is 22.2. The lowest BCUT2D eigenvalue weighted by Gasteiger charge is -2.36. The third-order valence-electron chi connectivity index (χ3n) is 5.43. The van der Waals surface area contributed by atoms with E-state index in [0.29, 0.717) is 5.92 Å². The van der Waals surface area contributed by atoms with Crippen molar-refractivity contribution < 1.29 is 27.5 Å². The summed E-state index contributed by atoms with van der Waals surface area (Å²) < 4.78 is 43.0. The standard InChI is InChI=1S/C21H28F3NO3/c1-13(18(26)25-17-11-9-16(10-12-17)21(22,23)24)28-19(27)14-5-7-15(8-6-14)20(2,3)4/h9-15H,5-8H2,1-4H3,(H,25,26)/t13-,14?,15?/m1/s1. The lowest BCUT2D eigenvalue weighted by molar-refractivity contribution is -0.158. The van der Waals surface area contributed by atoms with Crippen molar-refractivity contribution in [2.45, 2.75) is 65.7 Å². The summed E-state index contributed by atoms with van der Waals surface area (Å²) in [5.74, 6) is -0.601. The Morgan fingerprint density at radius 1 is 1.04 bits per heavy atom. The number of esters is 1. The van der Waals surface area contributed by atoms with Gasteiger partial charge in [-0.05, 0) is 68.2 Å². The zero-order valence-electron chi connectivity index (χ0n) is 16.7. The predicted molar refractivity (Wildman–Crippen MR) is 101 cm³/mol. The van der Waals surface area contributed by atoms with Crippen LogP contribution in [0.2, 0.25) is 0 Å². The molecular formula is C21H28F3NO3. The van der Waals surface area contributed by atoms with Crippen molar-refractivity contribution in [3.8, 4) is 0 Å². The first-order valence-electron chi connectivity index (χ1n) is 9.56. The van der Waals surface area contributed by atoms with Crippen molar-refractivity contribution in [1.29, 1.82) is 0 Å². The molecule has 2 rings (SSSR count). The molecule has 0 unspecified atom stereocenters. The van der Waals surface area contributed by atoms with Crippen LogP contribution < -0.4 is 5.32 Å². The zero-order chi connectivity index (χ0) is 21.1. The van der Waals surface area contributed by atoms with Gasteiger partial charge >= 0.3 is 12.1 Å². The van der Waals surface area contributed by atoms with Gasteiger partial charge in [-0.15, -0.1) is 0 Å². The number of benzene rings is 1. The Kier molecular flexibility index (Phi) is 6.78. The van der Waals surface area contributed by atoms with Gasteiger partial charge in [-0.2, -0.15) is 13.2 Å². The van der Waals surface area contributed by atoms with Crippen LogP contribution in [0, 0.1) is 17.3 Å². The van der Waals surface area contributed by atoms with Crippen molar-refractivity contribution in [2.75, 3.05) is 5.32 Å². The highest BCUT2D eigenvalue weighted by atomic mass is 19.4. The van der Waals surface area contributed by atoms with E-state index in [2.05, 4.69) is 26.1 Å². The van der Waals surface area contributed by atoms with Gasteiger partial charge in [0.25, 0.3) is 5.91 Å². The third-order valence-corrected chi connectivity index (χ3v) is 5.43. The Balaban J connectivity index is 1.84. The third kappa shape index (κ3) is 5.97. The van der Waals surface area contributed by atoms with Crippen LogP contribution in [0.3, 0.4) is 0 Å². The Bertz CT molecular complexity index is 684. The number of nitrogens with one attached hydrogen (secondary N) is 1. The van der Waals surface area contributed by atoms with Crippen LogP contribution in [0.1, 0.15) is 58.9 Å². The quantitative estimate of drug-likeness (QED) is 0.687. The molecule has 0 saturated heterocycles. The van der Waals surface area contributed by atoms with E-state index in [9.17, 15) is 22.8 Å². The molecular weight excluding hydrogens is 371 g/mol. The molecule has 28 heavy (non-hydrogen) atoms. The first-order chi connectivity index (χ1) is 12.9. The summed E-state index contributed by atoms with van der Waals surface area (Å²) in [6.45, 7) is 8.05. The molecule has 1 amide bonds. The van der Waals surface area contributed by atoms with Crippen LogP contribution >= 0.6 is 0 Å². The molecule has 4 nitrogen and oxygen atoms in total. The maximum atomic E-state index is 12.6. The van der Waals surface area contributed by atoms with E-state index < -0.39 is 23.8 Å². The molecule has 156 valence electrons. The van der Waals surface area contributed by atoms with Gasteiger partial charge in [0.2, 0.25) is 0 Å². The summed E-state index contributed by atoms with van der Waals surface area (Å²) in [7, 11) is 0. The molecule has 0 heterocycles. The van der Waals surface area contributed by atoms with Crippen LogP contribution in [-0.4, -0.2) is 18.0 Å². The van der Waals surface area contributed by atoms with Crippen molar-refractivity contribution in [2.24, 2.45) is 17.3 Å². The second-order valence-corrected chi connectivity index (χ2v) is 8.56. The molecule has 1 aliphatic carbocycles. The molecule has 0 spiro atoms. The normalized spacial score (nSPS) is 21.7. The van der Waals surface area contributed by atoms with E-state index in [1.165, 1.54) is 19.1 Å². The number of ether oxygens (including phenoxy) is 1. The molecule has 0 aliphatic heterocycles. The summed E-state index contributed by atoms with van der Waals surface area (Å²) in [4.78, 5) is 24.5. The molecule has 7 heteroatoms. The fraction of sp³-hybridized carbons (Fsp3) is 0.619. The van der Waals surface area contributed by atoms with Gasteiger partial charge in [-0.1, -0.05) is 20.8 Å². The SMILES string of the molecule is C[C@@H](OC(=O)C1CCC(C(C)(C)C)CC1)C(=O)Nc1ccc(C(F)(F)F)cc1. The number of carbonyl (C=O) groups is 2. The Morgan fingerprint density at radius 2 is 1.57 bits per heavy atom. The fourth-order valence-corrected chi connectivity index (χ4v) is 3.51. The first-order valence-corrected chi connectivity index (χ1v) is 9.56. The van der Waals surface area contributed by atoms with Gasteiger partial charge in [0.1, 0.15) is 0 Å². The number of anilines is 1. The number of hydrogen-bond donors (Lipinski definition) is 1. The minimum absolute atomic E-state index is 0.208. The van der Waals surface area contributed by atoms with Crippen molar-refractivity contribution in [1.82, 2.24) is 0 Å². The molecule has 1 N–H and O–H groups in total. The number of halogens is 3. The number of carbonyl (C=O) groups excluding carboxylic acids is 2. The number of amides is 1. The van der Waals surface area contributed by atoms with Crippen LogP contribution in [0.15, 0.2) is 24.3 Å². The van der Waals surface area contributed by atoms with Crippen molar-refractivity contribution in [3.05, 3.63) is 29.8 Å². The molecule has 1 aromatic rings. The summed E-state index contributed by atoms with van der Waals surface area (Å²) in [5.41, 5.74) is -0.369. The summed E-state index contributed by atoms with van der Waals surface area (Å²) in [6.07, 6.45) is -2.06. The van der Waals surface area contributed by atoms with E-state index in [1.54, 1.807) is 0 Å². The minimum atomic E-state index is -4.43. The Morgan fingerprint density at radius 3 is 2.04 bits per heavy atom. The molecule has 0 bridgehead atoms. The van der Waals surface area contributed by atoms with E-state index >= 15 is 0 Å². The lowest BCUT2D eigenvalue weighted by Crippen LogP contribution is -2.34. The maximum absolute atomic E-state index is 12.6. The average molecular weight is 399 g/mol. The monoisotopic (exact) mass is 399 g/mol. The molecule has 1 aromatic carbocycles. The van der Waals surface area contributed by atoms with Crippen LogP contribution in [0.25, 0.3) is 0 Å². The number of alkyl halides is 3. The van der Waals surface area contributed by atoms with Crippen LogP contribution in [-0.2, 0) is 20.5 Å². The average Bonchev–Trinajstić information content (AvgIpc) is 2.60. The predicted octanol–water partition coefficient (Wildman–Crippen LogP) is 5.43. The van der Waals surface area contributed by atoms with Crippen molar-refractivity contribution >= 4 is 17.6 Å². The van der Waals surface area contributed by atoms with E-state index in [1.807, 2.05) is 0 Å². The van der Waals surface area contributed by atoms with Crippen LogP contribution in [0.5, 0.6) is 0 Å². The van der Waals surface area contributed by atoms with Crippen molar-refractivity contribution in [3.63, 3.8) is 0 Å². The Labute approximate surface area is 163 Å². The molecule has 1 atom stereocenters. The molecule has 1 fully saturated rings. The number of rotatable bonds is 4. The van der Waals surface area contributed by atoms with Gasteiger partial charge in [0.05, 0.1) is 11.5 Å². The van der Waals surface area contributed by atoms with Gasteiger partial charge in [-0.25, -0.2) is 0 Å². The van der Waals surface area contributed by atoms with Crippen LogP contribution in [0.4, 0.5) is 18.9 Å². The molecule has 1 aliphatic rings. The zero-order valence-corrected chi connectivity index (χ0v) is 16.7. The lowest BCUT2D eigenvalue weighted by atomic mass is 9.70. The van der Waals surface area contributed by atoms with Gasteiger partial charge in [0.15, 0.2) is 6.10 Å². The van der Waals surface area contributed by atoms with E-state index in [0.717, 1.165) is 37.8 Å². The molecule has 0 aromatic heterocycles. The number of hydrogen-bond acceptors (Lipinski definition) is 3. The Hall–Kier alpha value is -2.05. The van der Waals surface area contributed by atoms with E-state index in [-0.39, 0.29) is 23.0 Å².